The van der Waals surface area contributed by atoms with E-state index >= 15 is 0 Å². The van der Waals surface area contributed by atoms with E-state index in [1.165, 1.54) is 58.5 Å². The summed E-state index contributed by atoms with van der Waals surface area (Å²) in [5, 5.41) is 29.2. The average Bonchev–Trinajstić information content (AvgIpc) is 3.50. The number of oxime groups is 1. The summed E-state index contributed by atoms with van der Waals surface area (Å²) < 4.78 is 43.2. The molecule has 3 heterocycles. The third-order valence-electron chi connectivity index (χ3n) is 6.24. The van der Waals surface area contributed by atoms with E-state index in [4.69, 9.17) is 9.57 Å². The van der Waals surface area contributed by atoms with Crippen LogP contribution in [0, 0.1) is 10.1 Å². The highest BCUT2D eigenvalue weighted by Gasteiger charge is 2.54. The van der Waals surface area contributed by atoms with E-state index in [-0.39, 0.29) is 29.5 Å². The minimum atomic E-state index is -5.24. The first-order chi connectivity index (χ1) is 22.7. The molecule has 4 rings (SSSR count). The van der Waals surface area contributed by atoms with E-state index in [2.05, 4.69) is 22.0 Å². The third-order valence-corrected chi connectivity index (χ3v) is 9.09. The molecule has 0 saturated carbocycles. The Kier molecular flexibility index (Phi) is 11.4. The molecule has 2 atom stereocenters. The number of thioether (sulfide) groups is 2. The van der Waals surface area contributed by atoms with Crippen molar-refractivity contribution in [3.8, 4) is 0 Å². The number of non-ortho nitro benzene ring substituents is 1. The molecule has 16 nitrogen and oxygen atoms in total. The molecule has 1 saturated heterocycles. The highest BCUT2D eigenvalue weighted by atomic mass is 32.2. The number of nitrogens with one attached hydrogen (secondary N) is 2. The third kappa shape index (κ3) is 8.49. The number of carboxylic acids is 1. The van der Waals surface area contributed by atoms with Gasteiger partial charge < -0.3 is 20.0 Å². The van der Waals surface area contributed by atoms with Gasteiger partial charge in [-0.05, 0) is 28.7 Å². The van der Waals surface area contributed by atoms with Crippen LogP contribution in [0.15, 0.2) is 58.1 Å². The standard InChI is InChI=1S/C26H21F3N6O10S3/c1-2-46-9-13-10-47-22-18(21(38)34(22)19(13)23(39)40)31-20(37)17(15-11-48-25(30-15)32-24(41)26(27,28)29)33-45-8-16(36)44-7-12-3-5-14(6-4-12)35(42)43/h2-6,11,18,22H,1,7-10H2,(H,31,37)(H,39,40)(H,30,32,41)/b33-17+/t18?,22-/m1/s1. The fraction of sp³-hybridized carbons (Fsp3) is 0.269. The van der Waals surface area contributed by atoms with Gasteiger partial charge in [0.25, 0.3) is 17.5 Å². The normalized spacial score (nSPS) is 17.5. The minimum Gasteiger partial charge on any atom is -0.477 e. The van der Waals surface area contributed by atoms with Gasteiger partial charge in [-0.25, -0.2) is 14.6 Å². The number of benzene rings is 1. The Morgan fingerprint density at radius 2 is 1.98 bits per heavy atom. The molecule has 1 aromatic heterocycles. The van der Waals surface area contributed by atoms with E-state index in [1.54, 1.807) is 0 Å². The monoisotopic (exact) mass is 730 g/mol. The van der Waals surface area contributed by atoms with Gasteiger partial charge in [-0.3, -0.25) is 34.7 Å². The SMILES string of the molecule is C=CSCC1=C(C(=O)O)N2C(=O)C(NC(=O)/C(=N/OCC(=O)OCc3ccc([N+](=O)[O-])cc3)c3csc(NC(=O)C(F)(F)F)n3)[C@H]2SC1. The summed E-state index contributed by atoms with van der Waals surface area (Å²) in [5.41, 5.74) is -0.631. The van der Waals surface area contributed by atoms with Crippen LogP contribution >= 0.6 is 34.9 Å². The fourth-order valence-corrected chi connectivity index (χ4v) is 6.77. The maximum absolute atomic E-state index is 13.3. The number of β-lactam (4-membered cyclic amide) rings is 1. The summed E-state index contributed by atoms with van der Waals surface area (Å²) in [5.74, 6) is -6.05. The molecular weight excluding hydrogens is 710 g/mol. The Morgan fingerprint density at radius 1 is 1.27 bits per heavy atom. The smallest absolute Gasteiger partial charge is 0.471 e. The maximum Gasteiger partial charge on any atom is 0.471 e. The lowest BCUT2D eigenvalue weighted by atomic mass is 10.0. The summed E-state index contributed by atoms with van der Waals surface area (Å²) in [4.78, 5) is 81.8. The zero-order valence-corrected chi connectivity index (χ0v) is 26.4. The Morgan fingerprint density at radius 3 is 2.60 bits per heavy atom. The number of fused-ring (bicyclic) bond motifs is 1. The van der Waals surface area contributed by atoms with Crippen LogP contribution in [0.1, 0.15) is 11.3 Å². The van der Waals surface area contributed by atoms with Crippen molar-refractivity contribution in [1.29, 1.82) is 0 Å². The number of aliphatic carboxylic acids is 1. The Balaban J connectivity index is 1.48. The van der Waals surface area contributed by atoms with Crippen LogP contribution in [0.5, 0.6) is 0 Å². The number of nitro benzene ring substituents is 1. The lowest BCUT2D eigenvalue weighted by Crippen LogP contribution is -2.71. The topological polar surface area (TPSA) is 220 Å². The second kappa shape index (κ2) is 15.3. The predicted molar refractivity (Wildman–Crippen MR) is 165 cm³/mol. The second-order valence-corrected chi connectivity index (χ2v) is 12.3. The molecule has 1 unspecified atom stereocenters. The van der Waals surface area contributed by atoms with Crippen LogP contribution in [0.4, 0.5) is 24.0 Å². The van der Waals surface area contributed by atoms with E-state index in [0.717, 1.165) is 10.3 Å². The van der Waals surface area contributed by atoms with Crippen LogP contribution in [0.3, 0.4) is 0 Å². The maximum atomic E-state index is 13.3. The van der Waals surface area contributed by atoms with Gasteiger partial charge in [0.15, 0.2) is 10.8 Å². The number of halogens is 3. The number of carboxylic acid groups (broad SMARTS) is 1. The highest BCUT2D eigenvalue weighted by molar-refractivity contribution is 8.02. The summed E-state index contributed by atoms with van der Waals surface area (Å²) >= 11 is 2.92. The van der Waals surface area contributed by atoms with Gasteiger partial charge in [0.2, 0.25) is 6.61 Å². The van der Waals surface area contributed by atoms with E-state index in [1.807, 2.05) is 0 Å². The molecule has 0 bridgehead atoms. The van der Waals surface area contributed by atoms with Crippen molar-refractivity contribution in [3.63, 3.8) is 0 Å². The van der Waals surface area contributed by atoms with Gasteiger partial charge in [-0.2, -0.15) is 13.2 Å². The number of amides is 3. The Hall–Kier alpha value is -4.96. The summed E-state index contributed by atoms with van der Waals surface area (Å²) in [7, 11) is 0. The molecule has 22 heteroatoms. The molecule has 0 spiro atoms. The van der Waals surface area contributed by atoms with Crippen molar-refractivity contribution in [1.82, 2.24) is 15.2 Å². The molecule has 0 radical (unpaired) electrons. The van der Waals surface area contributed by atoms with Crippen molar-refractivity contribution in [2.24, 2.45) is 5.16 Å². The molecule has 3 amide bonds. The van der Waals surface area contributed by atoms with Gasteiger partial charge in [0.05, 0.1) is 4.92 Å². The molecule has 1 aromatic carbocycles. The van der Waals surface area contributed by atoms with Crippen LogP contribution in [-0.2, 0) is 40.2 Å². The molecular formula is C26H21F3N6O10S3. The van der Waals surface area contributed by atoms with Gasteiger partial charge in [0, 0.05) is 29.0 Å². The lowest BCUT2D eigenvalue weighted by molar-refractivity contribution is -0.384. The van der Waals surface area contributed by atoms with E-state index in [9.17, 15) is 52.4 Å². The number of hydrogen-bond donors (Lipinski definition) is 3. The number of carbonyl (C=O) groups is 5. The number of anilines is 1. The number of alkyl halides is 3. The number of hydrogen-bond acceptors (Lipinski definition) is 14. The number of aromatic nitrogens is 1. The fourth-order valence-electron chi connectivity index (χ4n) is 4.04. The molecule has 2 aliphatic heterocycles. The summed E-state index contributed by atoms with van der Waals surface area (Å²) in [6, 6.07) is 3.87. The van der Waals surface area contributed by atoms with Gasteiger partial charge in [-0.15, -0.1) is 34.9 Å². The van der Waals surface area contributed by atoms with E-state index < -0.39 is 75.3 Å². The van der Waals surface area contributed by atoms with Crippen LogP contribution in [0.25, 0.3) is 0 Å². The Labute approximate surface area is 279 Å². The quantitative estimate of drug-likeness (QED) is 0.0838. The number of thiazole rings is 1. The number of rotatable bonds is 14. The molecule has 2 aliphatic rings. The van der Waals surface area contributed by atoms with Crippen LogP contribution < -0.4 is 10.6 Å². The van der Waals surface area contributed by atoms with Crippen molar-refractivity contribution in [3.05, 3.63) is 74.3 Å². The number of esters is 1. The first-order valence-electron chi connectivity index (χ1n) is 13.1. The highest BCUT2D eigenvalue weighted by Crippen LogP contribution is 2.41. The molecule has 2 aromatic rings. The second-order valence-electron chi connectivity index (χ2n) is 9.38. The number of ether oxygens (including phenoxy) is 1. The van der Waals surface area contributed by atoms with Crippen molar-refractivity contribution >= 4 is 81.1 Å². The van der Waals surface area contributed by atoms with Crippen molar-refractivity contribution in [2.45, 2.75) is 24.2 Å². The van der Waals surface area contributed by atoms with Gasteiger partial charge >= 0.3 is 24.0 Å². The molecule has 48 heavy (non-hydrogen) atoms. The summed E-state index contributed by atoms with van der Waals surface area (Å²) in [6.07, 6.45) is -5.24. The average molecular weight is 731 g/mol. The van der Waals surface area contributed by atoms with Crippen LogP contribution in [0.2, 0.25) is 0 Å². The molecule has 1 fully saturated rings. The molecule has 3 N–H and O–H groups in total. The van der Waals surface area contributed by atoms with Crippen LogP contribution in [-0.4, -0.2) is 91.0 Å². The van der Waals surface area contributed by atoms with Gasteiger partial charge in [-0.1, -0.05) is 11.7 Å². The zero-order valence-electron chi connectivity index (χ0n) is 23.9. The van der Waals surface area contributed by atoms with Crippen molar-refractivity contribution in [2.75, 3.05) is 23.4 Å². The van der Waals surface area contributed by atoms with Gasteiger partial charge in [0.1, 0.15) is 29.4 Å². The summed E-state index contributed by atoms with van der Waals surface area (Å²) in [6.45, 7) is 2.39. The van der Waals surface area contributed by atoms with Crippen molar-refractivity contribution < 1.29 is 56.7 Å². The molecule has 0 aliphatic carbocycles. The minimum absolute atomic E-state index is 0.179. The first kappa shape index (κ1) is 35.9. The Bertz CT molecular complexity index is 1710. The number of carbonyl (C=O) groups excluding carboxylic acids is 4. The van der Waals surface area contributed by atoms with E-state index in [0.29, 0.717) is 22.5 Å². The largest absolute Gasteiger partial charge is 0.477 e. The molecule has 254 valence electrons. The first-order valence-corrected chi connectivity index (χ1v) is 16.0. The number of nitro groups is 1. The number of nitrogens with zero attached hydrogens (tertiary/aromatic N) is 4. The zero-order chi connectivity index (χ0) is 35.2. The predicted octanol–water partition coefficient (Wildman–Crippen LogP) is 2.63. The lowest BCUT2D eigenvalue weighted by Gasteiger charge is -2.49.